The Bertz CT molecular complexity index is 355. The maximum atomic E-state index is 11.8. The van der Waals surface area contributed by atoms with Crippen molar-refractivity contribution in [1.82, 2.24) is 9.88 Å². The molecule has 0 bridgehead atoms. The second kappa shape index (κ2) is 4.90. The van der Waals surface area contributed by atoms with E-state index in [0.29, 0.717) is 11.7 Å². The van der Waals surface area contributed by atoms with E-state index in [1.54, 1.807) is 6.20 Å². The van der Waals surface area contributed by atoms with Crippen LogP contribution in [-0.2, 0) is 4.79 Å². The Balaban J connectivity index is 1.89. The van der Waals surface area contributed by atoms with E-state index in [4.69, 9.17) is 0 Å². The average molecular weight is 241 g/mol. The van der Waals surface area contributed by atoms with Crippen molar-refractivity contribution in [1.29, 1.82) is 0 Å². The molecule has 1 amide bonds. The standard InChI is InChI=1S/C10H15N3O2S/c1-7(13-4-2-8(14)6-13)9(15)12-10-11-3-5-16-10/h3,5,7-8,14H,2,4,6H2,1H3,(H,11,12,15)/t7?,8-/m0/s1. The summed E-state index contributed by atoms with van der Waals surface area (Å²) in [5, 5.41) is 14.6. The first-order valence-corrected chi connectivity index (χ1v) is 6.17. The highest BCUT2D eigenvalue weighted by Crippen LogP contribution is 2.15. The van der Waals surface area contributed by atoms with Gasteiger partial charge < -0.3 is 10.4 Å². The first kappa shape index (κ1) is 11.5. The maximum Gasteiger partial charge on any atom is 0.243 e. The zero-order valence-corrected chi connectivity index (χ0v) is 9.91. The van der Waals surface area contributed by atoms with Gasteiger partial charge in [-0.15, -0.1) is 11.3 Å². The zero-order chi connectivity index (χ0) is 11.5. The third-order valence-corrected chi connectivity index (χ3v) is 3.47. The van der Waals surface area contributed by atoms with Gasteiger partial charge >= 0.3 is 0 Å². The molecule has 0 aromatic carbocycles. The van der Waals surface area contributed by atoms with E-state index in [1.807, 2.05) is 17.2 Å². The van der Waals surface area contributed by atoms with Crippen LogP contribution in [-0.4, -0.2) is 46.1 Å². The number of anilines is 1. The van der Waals surface area contributed by atoms with Crippen molar-refractivity contribution in [3.05, 3.63) is 11.6 Å². The van der Waals surface area contributed by atoms with Crippen LogP contribution in [0.2, 0.25) is 0 Å². The summed E-state index contributed by atoms with van der Waals surface area (Å²) in [6, 6.07) is -0.221. The van der Waals surface area contributed by atoms with Crippen LogP contribution in [0.1, 0.15) is 13.3 Å². The monoisotopic (exact) mass is 241 g/mol. The van der Waals surface area contributed by atoms with Crippen LogP contribution in [0, 0.1) is 0 Å². The molecule has 2 N–H and O–H groups in total. The molecule has 1 aromatic heterocycles. The largest absolute Gasteiger partial charge is 0.392 e. The van der Waals surface area contributed by atoms with E-state index < -0.39 is 0 Å². The lowest BCUT2D eigenvalue weighted by atomic mass is 10.3. The van der Waals surface area contributed by atoms with Crippen LogP contribution in [0.3, 0.4) is 0 Å². The van der Waals surface area contributed by atoms with Gasteiger partial charge in [-0.2, -0.15) is 0 Å². The van der Waals surface area contributed by atoms with Gasteiger partial charge in [-0.05, 0) is 13.3 Å². The Hall–Kier alpha value is -0.980. The van der Waals surface area contributed by atoms with Crippen molar-refractivity contribution in [2.75, 3.05) is 18.4 Å². The Morgan fingerprint density at radius 2 is 2.62 bits per heavy atom. The fourth-order valence-electron chi connectivity index (χ4n) is 1.78. The predicted molar refractivity (Wildman–Crippen MR) is 62.4 cm³/mol. The van der Waals surface area contributed by atoms with Gasteiger partial charge in [0.2, 0.25) is 5.91 Å². The number of carbonyl (C=O) groups is 1. The number of likely N-dealkylation sites (tertiary alicyclic amines) is 1. The van der Waals surface area contributed by atoms with Crippen LogP contribution in [0.5, 0.6) is 0 Å². The number of aliphatic hydroxyl groups excluding tert-OH is 1. The summed E-state index contributed by atoms with van der Waals surface area (Å²) in [5.74, 6) is -0.0657. The van der Waals surface area contributed by atoms with E-state index in [2.05, 4.69) is 10.3 Å². The maximum absolute atomic E-state index is 11.8. The van der Waals surface area contributed by atoms with Gasteiger partial charge in [-0.25, -0.2) is 4.98 Å². The average Bonchev–Trinajstić information content (AvgIpc) is 2.88. The number of hydrogen-bond donors (Lipinski definition) is 2. The third-order valence-electron chi connectivity index (χ3n) is 2.78. The molecule has 0 spiro atoms. The van der Waals surface area contributed by atoms with Crippen LogP contribution in [0.25, 0.3) is 0 Å². The van der Waals surface area contributed by atoms with Crippen LogP contribution in [0.4, 0.5) is 5.13 Å². The zero-order valence-electron chi connectivity index (χ0n) is 9.09. The fourth-order valence-corrected chi connectivity index (χ4v) is 2.31. The lowest BCUT2D eigenvalue weighted by Gasteiger charge is -2.22. The SMILES string of the molecule is CC(C(=O)Nc1nccs1)N1CC[C@H](O)C1. The molecule has 5 nitrogen and oxygen atoms in total. The molecule has 1 aromatic rings. The molecular formula is C10H15N3O2S. The minimum atomic E-state index is -0.296. The van der Waals surface area contributed by atoms with E-state index >= 15 is 0 Å². The molecule has 1 aliphatic rings. The molecule has 2 rings (SSSR count). The first-order valence-electron chi connectivity index (χ1n) is 5.29. The van der Waals surface area contributed by atoms with Gasteiger partial charge in [0.1, 0.15) is 0 Å². The Morgan fingerprint density at radius 1 is 1.81 bits per heavy atom. The molecule has 1 fully saturated rings. The van der Waals surface area contributed by atoms with Crippen LogP contribution in [0.15, 0.2) is 11.6 Å². The molecule has 2 atom stereocenters. The number of amides is 1. The topological polar surface area (TPSA) is 65.5 Å². The number of thiazole rings is 1. The van der Waals surface area contributed by atoms with E-state index in [0.717, 1.165) is 13.0 Å². The number of nitrogens with one attached hydrogen (secondary N) is 1. The molecule has 1 unspecified atom stereocenters. The lowest BCUT2D eigenvalue weighted by Crippen LogP contribution is -2.41. The van der Waals surface area contributed by atoms with E-state index in [9.17, 15) is 9.90 Å². The van der Waals surface area contributed by atoms with Gasteiger partial charge in [-0.3, -0.25) is 9.69 Å². The quantitative estimate of drug-likeness (QED) is 0.810. The minimum absolute atomic E-state index is 0.0657. The summed E-state index contributed by atoms with van der Waals surface area (Å²) < 4.78 is 0. The molecule has 1 saturated heterocycles. The van der Waals surface area contributed by atoms with Crippen molar-refractivity contribution >= 4 is 22.4 Å². The normalized spacial score (nSPS) is 23.2. The van der Waals surface area contributed by atoms with Crippen molar-refractivity contribution in [2.45, 2.75) is 25.5 Å². The Kier molecular flexibility index (Phi) is 3.52. The van der Waals surface area contributed by atoms with Crippen molar-refractivity contribution in [3.63, 3.8) is 0 Å². The Morgan fingerprint density at radius 3 is 3.19 bits per heavy atom. The molecule has 1 aliphatic heterocycles. The summed E-state index contributed by atoms with van der Waals surface area (Å²) >= 11 is 1.40. The number of β-amino-alcohol motifs (C(OH)–C–C–N with tert-alkyl or cyclic N) is 1. The highest BCUT2D eigenvalue weighted by molar-refractivity contribution is 7.13. The van der Waals surface area contributed by atoms with Crippen molar-refractivity contribution in [2.24, 2.45) is 0 Å². The molecule has 88 valence electrons. The molecule has 0 saturated carbocycles. The van der Waals surface area contributed by atoms with E-state index in [1.165, 1.54) is 11.3 Å². The third kappa shape index (κ3) is 2.58. The first-order chi connectivity index (χ1) is 7.66. The van der Waals surface area contributed by atoms with Crippen LogP contribution < -0.4 is 5.32 Å². The second-order valence-electron chi connectivity index (χ2n) is 3.94. The number of hydrogen-bond acceptors (Lipinski definition) is 5. The summed E-state index contributed by atoms with van der Waals surface area (Å²) in [4.78, 5) is 17.8. The number of aromatic nitrogens is 1. The summed E-state index contributed by atoms with van der Waals surface area (Å²) in [7, 11) is 0. The molecule has 16 heavy (non-hydrogen) atoms. The second-order valence-corrected chi connectivity index (χ2v) is 4.83. The summed E-state index contributed by atoms with van der Waals surface area (Å²) in [6.45, 7) is 3.20. The molecular weight excluding hydrogens is 226 g/mol. The van der Waals surface area contributed by atoms with E-state index in [-0.39, 0.29) is 18.1 Å². The minimum Gasteiger partial charge on any atom is -0.392 e. The van der Waals surface area contributed by atoms with Gasteiger partial charge in [0, 0.05) is 24.7 Å². The Labute approximate surface area is 98.1 Å². The predicted octanol–water partition coefficient (Wildman–Crippen LogP) is 0.537. The molecule has 6 heteroatoms. The molecule has 0 radical (unpaired) electrons. The van der Waals surface area contributed by atoms with Crippen molar-refractivity contribution in [3.8, 4) is 0 Å². The smallest absolute Gasteiger partial charge is 0.243 e. The highest BCUT2D eigenvalue weighted by atomic mass is 32.1. The van der Waals surface area contributed by atoms with Gasteiger partial charge in [0.25, 0.3) is 0 Å². The van der Waals surface area contributed by atoms with Gasteiger partial charge in [-0.1, -0.05) is 0 Å². The number of rotatable bonds is 3. The summed E-state index contributed by atoms with van der Waals surface area (Å²) in [6.07, 6.45) is 2.11. The number of carbonyl (C=O) groups excluding carboxylic acids is 1. The van der Waals surface area contributed by atoms with Gasteiger partial charge in [0.05, 0.1) is 12.1 Å². The summed E-state index contributed by atoms with van der Waals surface area (Å²) in [5.41, 5.74) is 0. The van der Waals surface area contributed by atoms with Crippen LogP contribution >= 0.6 is 11.3 Å². The number of nitrogens with zero attached hydrogens (tertiary/aromatic N) is 2. The number of aliphatic hydroxyl groups is 1. The van der Waals surface area contributed by atoms with Gasteiger partial charge in [0.15, 0.2) is 5.13 Å². The highest BCUT2D eigenvalue weighted by Gasteiger charge is 2.28. The van der Waals surface area contributed by atoms with Crippen molar-refractivity contribution < 1.29 is 9.90 Å². The fraction of sp³-hybridized carbons (Fsp3) is 0.600. The molecule has 0 aliphatic carbocycles. The molecule has 2 heterocycles. The lowest BCUT2D eigenvalue weighted by molar-refractivity contribution is -0.120.